The van der Waals surface area contributed by atoms with Crippen molar-refractivity contribution < 1.29 is 19.4 Å². The van der Waals surface area contributed by atoms with Crippen LogP contribution >= 0.6 is 11.6 Å². The molecule has 1 amide bonds. The fourth-order valence-electron chi connectivity index (χ4n) is 6.87. The number of carbonyl (C=O) groups is 2. The Morgan fingerprint density at radius 3 is 2.91 bits per heavy atom. The van der Waals surface area contributed by atoms with Gasteiger partial charge in [0.25, 0.3) is 0 Å². The number of benzene rings is 2. The van der Waals surface area contributed by atoms with Gasteiger partial charge in [-0.15, -0.1) is 0 Å². The summed E-state index contributed by atoms with van der Waals surface area (Å²) in [5.41, 5.74) is 1.42. The van der Waals surface area contributed by atoms with Gasteiger partial charge in [-0.3, -0.25) is 9.59 Å². The third-order valence-corrected chi connectivity index (χ3v) is 8.59. The van der Waals surface area contributed by atoms with E-state index in [0.717, 1.165) is 29.7 Å². The van der Waals surface area contributed by atoms with Crippen LogP contribution in [0, 0.1) is 0 Å². The number of likely N-dealkylation sites (N-methyl/N-ethyl adjacent to an activating group) is 1. The number of nitrogens with one attached hydrogen (secondary N) is 1. The minimum Gasteiger partial charge on any atom is -0.504 e. The van der Waals surface area contributed by atoms with E-state index in [9.17, 15) is 14.7 Å². The van der Waals surface area contributed by atoms with Crippen molar-refractivity contribution in [2.45, 2.75) is 48.8 Å². The van der Waals surface area contributed by atoms with Crippen molar-refractivity contribution in [1.29, 1.82) is 0 Å². The molecule has 2 aliphatic carbocycles. The van der Waals surface area contributed by atoms with Gasteiger partial charge in [0.2, 0.25) is 5.91 Å². The Labute approximate surface area is 197 Å². The van der Waals surface area contributed by atoms with E-state index in [1.54, 1.807) is 18.2 Å². The van der Waals surface area contributed by atoms with Crippen LogP contribution in [0.3, 0.4) is 0 Å². The highest BCUT2D eigenvalue weighted by Crippen LogP contribution is 2.64. The summed E-state index contributed by atoms with van der Waals surface area (Å²) in [5, 5.41) is 14.5. The number of hydrogen-bond acceptors (Lipinski definition) is 5. The first-order valence-corrected chi connectivity index (χ1v) is 11.7. The number of rotatable bonds is 3. The van der Waals surface area contributed by atoms with Gasteiger partial charge in [0.1, 0.15) is 0 Å². The van der Waals surface area contributed by atoms with Crippen molar-refractivity contribution in [2.75, 3.05) is 13.6 Å². The standard InChI is InChI=1S/C26H25ClN2O4/c1-29-13-12-25-22-16-6-8-18(30)23(22)33-24(25)19(31)10-11-26(25,20(29)14-16)28-21(32)9-7-15-4-2-3-5-17(15)27/h2-9,20,24,30H,10-14H2,1H3,(H,28,32)/b9-7+/t20-,24+,25+,26-/m1/s1. The van der Waals surface area contributed by atoms with Crippen LogP contribution in [-0.4, -0.2) is 53.0 Å². The fourth-order valence-corrected chi connectivity index (χ4v) is 7.07. The van der Waals surface area contributed by atoms with Gasteiger partial charge in [0, 0.05) is 29.1 Å². The molecule has 1 saturated heterocycles. The van der Waals surface area contributed by atoms with Gasteiger partial charge in [0.05, 0.1) is 11.0 Å². The van der Waals surface area contributed by atoms with Crippen LogP contribution in [0.25, 0.3) is 6.08 Å². The Morgan fingerprint density at radius 1 is 1.27 bits per heavy atom. The molecule has 0 radical (unpaired) electrons. The van der Waals surface area contributed by atoms with Crippen molar-refractivity contribution >= 4 is 29.4 Å². The van der Waals surface area contributed by atoms with Crippen molar-refractivity contribution in [3.05, 3.63) is 64.2 Å². The predicted octanol–water partition coefficient (Wildman–Crippen LogP) is 3.24. The zero-order chi connectivity index (χ0) is 23.0. The number of piperidine rings is 1. The Balaban J connectivity index is 1.47. The summed E-state index contributed by atoms with van der Waals surface area (Å²) in [6.07, 6.45) is 4.81. The highest BCUT2D eigenvalue weighted by atomic mass is 35.5. The molecule has 2 fully saturated rings. The quantitative estimate of drug-likeness (QED) is 0.682. The summed E-state index contributed by atoms with van der Waals surface area (Å²) < 4.78 is 6.20. The molecule has 6 nitrogen and oxygen atoms in total. The van der Waals surface area contributed by atoms with Crippen LogP contribution < -0.4 is 10.1 Å². The number of aromatic hydroxyl groups is 1. The number of likely N-dealkylation sites (tertiary alicyclic amines) is 1. The summed E-state index contributed by atoms with van der Waals surface area (Å²) >= 11 is 6.25. The molecular weight excluding hydrogens is 440 g/mol. The third-order valence-electron chi connectivity index (χ3n) is 8.25. The van der Waals surface area contributed by atoms with Crippen molar-refractivity contribution in [1.82, 2.24) is 10.2 Å². The minimum absolute atomic E-state index is 0.0195. The SMILES string of the molecule is CN1CC[C@]23c4c5ccc(O)c4O[C@H]2C(=O)CC[C@@]3(NC(=O)/C=C/c2ccccc2Cl)[C@H]1C5. The maximum Gasteiger partial charge on any atom is 0.244 e. The number of nitrogens with zero attached hydrogens (tertiary/aromatic N) is 1. The monoisotopic (exact) mass is 464 g/mol. The molecule has 2 N–H and O–H groups in total. The van der Waals surface area contributed by atoms with E-state index in [1.807, 2.05) is 24.3 Å². The Kier molecular flexibility index (Phi) is 4.45. The topological polar surface area (TPSA) is 78.9 Å². The molecule has 0 aromatic heterocycles. The number of amides is 1. The van der Waals surface area contributed by atoms with E-state index in [-0.39, 0.29) is 23.5 Å². The largest absolute Gasteiger partial charge is 0.504 e. The normalized spacial score (nSPS) is 31.9. The highest BCUT2D eigenvalue weighted by molar-refractivity contribution is 6.32. The van der Waals surface area contributed by atoms with Gasteiger partial charge in [0.15, 0.2) is 23.4 Å². The lowest BCUT2D eigenvalue weighted by atomic mass is 9.47. The fraction of sp³-hybridized carbons (Fsp3) is 0.385. The van der Waals surface area contributed by atoms with E-state index in [4.69, 9.17) is 16.3 Å². The molecule has 33 heavy (non-hydrogen) atoms. The summed E-state index contributed by atoms with van der Waals surface area (Å²) in [4.78, 5) is 28.8. The number of phenolic OH excluding ortho intramolecular Hbond substituents is 1. The van der Waals surface area contributed by atoms with Crippen LogP contribution in [0.4, 0.5) is 0 Å². The lowest BCUT2D eigenvalue weighted by molar-refractivity contribution is -0.147. The number of ether oxygens (including phenoxy) is 1. The number of hydrogen-bond donors (Lipinski definition) is 2. The van der Waals surface area contributed by atoms with E-state index >= 15 is 0 Å². The second-order valence-corrected chi connectivity index (χ2v) is 10.1. The van der Waals surface area contributed by atoms with E-state index in [1.165, 1.54) is 6.08 Å². The summed E-state index contributed by atoms with van der Waals surface area (Å²) in [5.74, 6) is 0.292. The molecule has 2 heterocycles. The average Bonchev–Trinajstić information content (AvgIpc) is 3.16. The van der Waals surface area contributed by atoms with Gasteiger partial charge in [-0.2, -0.15) is 0 Å². The maximum atomic E-state index is 13.3. The first kappa shape index (κ1) is 20.8. The predicted molar refractivity (Wildman–Crippen MR) is 125 cm³/mol. The molecule has 0 unspecified atom stereocenters. The van der Waals surface area contributed by atoms with Gasteiger partial charge >= 0.3 is 0 Å². The smallest absolute Gasteiger partial charge is 0.244 e. The Hall–Kier alpha value is -2.83. The van der Waals surface area contributed by atoms with Crippen LogP contribution in [0.15, 0.2) is 42.5 Å². The molecule has 2 aromatic carbocycles. The second-order valence-electron chi connectivity index (χ2n) is 9.65. The van der Waals surface area contributed by atoms with Crippen LogP contribution in [0.2, 0.25) is 5.02 Å². The number of phenols is 1. The molecule has 6 rings (SSSR count). The van der Waals surface area contributed by atoms with Crippen LogP contribution in [0.1, 0.15) is 36.0 Å². The molecule has 1 spiro atoms. The third kappa shape index (κ3) is 2.65. The van der Waals surface area contributed by atoms with Crippen molar-refractivity contribution in [3.8, 4) is 11.5 Å². The van der Waals surface area contributed by atoms with E-state index in [0.29, 0.717) is 30.0 Å². The molecule has 2 aromatic rings. The maximum absolute atomic E-state index is 13.3. The summed E-state index contributed by atoms with van der Waals surface area (Å²) in [7, 11) is 2.08. The zero-order valence-corrected chi connectivity index (χ0v) is 19.1. The van der Waals surface area contributed by atoms with Crippen molar-refractivity contribution in [3.63, 3.8) is 0 Å². The molecule has 4 atom stereocenters. The number of carbonyl (C=O) groups excluding carboxylic acids is 2. The van der Waals surface area contributed by atoms with Gasteiger partial charge in [-0.25, -0.2) is 0 Å². The second kappa shape index (κ2) is 7.08. The van der Waals surface area contributed by atoms with Gasteiger partial charge < -0.3 is 20.1 Å². The van der Waals surface area contributed by atoms with Crippen LogP contribution in [0.5, 0.6) is 11.5 Å². The highest BCUT2D eigenvalue weighted by Gasteiger charge is 2.73. The molecular formula is C26H25ClN2O4. The number of Topliss-reactive ketones (excluding diaryl/α,β-unsaturated/α-hetero) is 1. The molecule has 170 valence electrons. The number of halogens is 1. The van der Waals surface area contributed by atoms with Gasteiger partial charge in [-0.05, 0) is 62.2 Å². The molecule has 2 bridgehead atoms. The summed E-state index contributed by atoms with van der Waals surface area (Å²) in [6, 6.07) is 11.0. The Bertz CT molecular complexity index is 1230. The summed E-state index contributed by atoms with van der Waals surface area (Å²) in [6.45, 7) is 0.791. The lowest BCUT2D eigenvalue weighted by Crippen LogP contribution is -2.81. The number of ketones is 1. The molecule has 4 aliphatic rings. The molecule has 7 heteroatoms. The average molecular weight is 465 g/mol. The zero-order valence-electron chi connectivity index (χ0n) is 18.3. The first-order chi connectivity index (χ1) is 15.9. The van der Waals surface area contributed by atoms with E-state index in [2.05, 4.69) is 17.3 Å². The first-order valence-electron chi connectivity index (χ1n) is 11.4. The van der Waals surface area contributed by atoms with Gasteiger partial charge in [-0.1, -0.05) is 35.9 Å². The van der Waals surface area contributed by atoms with Crippen molar-refractivity contribution in [2.24, 2.45) is 0 Å². The Morgan fingerprint density at radius 2 is 2.09 bits per heavy atom. The molecule has 2 aliphatic heterocycles. The lowest BCUT2D eigenvalue weighted by Gasteiger charge is -2.64. The minimum atomic E-state index is -0.697. The van der Waals surface area contributed by atoms with E-state index < -0.39 is 17.1 Å². The molecule has 1 saturated carbocycles. The van der Waals surface area contributed by atoms with Crippen LogP contribution in [-0.2, 0) is 21.4 Å².